The van der Waals surface area contributed by atoms with Crippen LogP contribution in [-0.2, 0) is 6.54 Å². The molecule has 0 aromatic carbocycles. The minimum absolute atomic E-state index is 0.674. The second kappa shape index (κ2) is 5.63. The summed E-state index contributed by atoms with van der Waals surface area (Å²) in [5, 5.41) is 3.69. The number of pyridine rings is 1. The van der Waals surface area contributed by atoms with Crippen molar-refractivity contribution in [2.24, 2.45) is 11.8 Å². The van der Waals surface area contributed by atoms with Crippen molar-refractivity contribution in [2.75, 3.05) is 0 Å². The Kier molecular flexibility index (Phi) is 4.16. The van der Waals surface area contributed by atoms with Crippen LogP contribution in [-0.4, -0.2) is 11.0 Å². The highest BCUT2D eigenvalue weighted by Gasteiger charge is 2.24. The van der Waals surface area contributed by atoms with Gasteiger partial charge in [-0.25, -0.2) is 0 Å². The summed E-state index contributed by atoms with van der Waals surface area (Å²) in [5.41, 5.74) is 2.48. The Morgan fingerprint density at radius 1 is 1.35 bits per heavy atom. The fourth-order valence-electron chi connectivity index (χ4n) is 2.90. The Hall–Kier alpha value is -0.890. The molecule has 2 heteroatoms. The monoisotopic (exact) mass is 232 g/mol. The quantitative estimate of drug-likeness (QED) is 0.865. The van der Waals surface area contributed by atoms with Crippen LogP contribution in [0.15, 0.2) is 18.3 Å². The van der Waals surface area contributed by atoms with Gasteiger partial charge in [0, 0.05) is 18.8 Å². The molecular weight excluding hydrogens is 208 g/mol. The number of hydrogen-bond acceptors (Lipinski definition) is 2. The predicted octanol–water partition coefficient (Wildman–Crippen LogP) is 3.30. The van der Waals surface area contributed by atoms with Gasteiger partial charge in [0.2, 0.25) is 0 Å². The van der Waals surface area contributed by atoms with Crippen molar-refractivity contribution < 1.29 is 0 Å². The van der Waals surface area contributed by atoms with Gasteiger partial charge >= 0.3 is 0 Å². The van der Waals surface area contributed by atoms with E-state index in [2.05, 4.69) is 37.1 Å². The Labute approximate surface area is 105 Å². The smallest absolute Gasteiger partial charge is 0.0570 e. The molecule has 0 radical (unpaired) electrons. The minimum atomic E-state index is 0.674. The molecular formula is C15H24N2. The van der Waals surface area contributed by atoms with Crippen LogP contribution in [0, 0.1) is 18.8 Å². The average molecular weight is 232 g/mol. The molecule has 0 spiro atoms. The minimum Gasteiger partial charge on any atom is -0.308 e. The van der Waals surface area contributed by atoms with Gasteiger partial charge < -0.3 is 5.32 Å². The summed E-state index contributed by atoms with van der Waals surface area (Å²) in [6.45, 7) is 7.79. The molecule has 1 fully saturated rings. The highest BCUT2D eigenvalue weighted by atomic mass is 14.9. The molecule has 3 atom stereocenters. The van der Waals surface area contributed by atoms with Crippen molar-refractivity contribution >= 4 is 0 Å². The molecule has 0 aliphatic heterocycles. The summed E-state index contributed by atoms with van der Waals surface area (Å²) in [6, 6.07) is 4.81. The van der Waals surface area contributed by atoms with Gasteiger partial charge in [-0.3, -0.25) is 4.98 Å². The SMILES string of the molecule is Cc1cccnc1CNC1CCC(C)CC1C. The van der Waals surface area contributed by atoms with E-state index in [9.17, 15) is 0 Å². The van der Waals surface area contributed by atoms with E-state index >= 15 is 0 Å². The number of nitrogens with zero attached hydrogens (tertiary/aromatic N) is 1. The molecule has 3 unspecified atom stereocenters. The maximum atomic E-state index is 4.44. The highest BCUT2D eigenvalue weighted by Crippen LogP contribution is 2.28. The third-order valence-corrected chi connectivity index (χ3v) is 4.08. The molecule has 0 amide bonds. The predicted molar refractivity (Wildman–Crippen MR) is 71.8 cm³/mol. The van der Waals surface area contributed by atoms with Gasteiger partial charge in [-0.2, -0.15) is 0 Å². The molecule has 1 aromatic heterocycles. The maximum absolute atomic E-state index is 4.44. The fraction of sp³-hybridized carbons (Fsp3) is 0.667. The first-order chi connectivity index (χ1) is 8.16. The number of hydrogen-bond donors (Lipinski definition) is 1. The van der Waals surface area contributed by atoms with Crippen LogP contribution in [0.4, 0.5) is 0 Å². The molecule has 0 saturated heterocycles. The van der Waals surface area contributed by atoms with Crippen LogP contribution in [0.3, 0.4) is 0 Å². The van der Waals surface area contributed by atoms with Gasteiger partial charge in [0.05, 0.1) is 5.69 Å². The molecule has 17 heavy (non-hydrogen) atoms. The van der Waals surface area contributed by atoms with Crippen LogP contribution in [0.2, 0.25) is 0 Å². The van der Waals surface area contributed by atoms with E-state index in [0.717, 1.165) is 18.4 Å². The normalized spacial score (nSPS) is 29.2. The summed E-state index contributed by atoms with van der Waals surface area (Å²) in [4.78, 5) is 4.44. The maximum Gasteiger partial charge on any atom is 0.0570 e. The van der Waals surface area contributed by atoms with Gasteiger partial charge in [-0.15, -0.1) is 0 Å². The third kappa shape index (κ3) is 3.29. The molecule has 94 valence electrons. The molecule has 1 aliphatic carbocycles. The van der Waals surface area contributed by atoms with Crippen molar-refractivity contribution in [1.82, 2.24) is 10.3 Å². The second-order valence-corrected chi connectivity index (χ2v) is 5.65. The van der Waals surface area contributed by atoms with Gasteiger partial charge in [0.25, 0.3) is 0 Å². The second-order valence-electron chi connectivity index (χ2n) is 5.65. The molecule has 2 rings (SSSR count). The first-order valence-electron chi connectivity index (χ1n) is 6.80. The van der Waals surface area contributed by atoms with Crippen molar-refractivity contribution in [2.45, 2.75) is 52.6 Å². The van der Waals surface area contributed by atoms with E-state index in [1.54, 1.807) is 0 Å². The lowest BCUT2D eigenvalue weighted by molar-refractivity contribution is 0.226. The topological polar surface area (TPSA) is 24.9 Å². The first kappa shape index (κ1) is 12.6. The zero-order valence-electron chi connectivity index (χ0n) is 11.2. The van der Waals surface area contributed by atoms with E-state index < -0.39 is 0 Å². The summed E-state index contributed by atoms with van der Waals surface area (Å²) in [6.07, 6.45) is 5.92. The van der Waals surface area contributed by atoms with E-state index in [1.165, 1.54) is 30.5 Å². The first-order valence-corrected chi connectivity index (χ1v) is 6.80. The Balaban J connectivity index is 1.88. The Bertz CT molecular complexity index is 362. The zero-order valence-corrected chi connectivity index (χ0v) is 11.2. The van der Waals surface area contributed by atoms with Gasteiger partial charge in [0.1, 0.15) is 0 Å². The largest absolute Gasteiger partial charge is 0.308 e. The molecule has 0 bridgehead atoms. The van der Waals surface area contributed by atoms with Crippen LogP contribution in [0.5, 0.6) is 0 Å². The molecule has 2 nitrogen and oxygen atoms in total. The summed E-state index contributed by atoms with van der Waals surface area (Å²) in [5.74, 6) is 1.70. The molecule has 1 N–H and O–H groups in total. The lowest BCUT2D eigenvalue weighted by Gasteiger charge is -2.33. The summed E-state index contributed by atoms with van der Waals surface area (Å²) >= 11 is 0. The number of nitrogens with one attached hydrogen (secondary N) is 1. The molecule has 1 aromatic rings. The van der Waals surface area contributed by atoms with Crippen molar-refractivity contribution in [3.63, 3.8) is 0 Å². The van der Waals surface area contributed by atoms with E-state index in [1.807, 2.05) is 12.3 Å². The number of rotatable bonds is 3. The van der Waals surface area contributed by atoms with E-state index in [4.69, 9.17) is 0 Å². The zero-order chi connectivity index (χ0) is 12.3. The van der Waals surface area contributed by atoms with Crippen LogP contribution >= 0.6 is 0 Å². The average Bonchev–Trinajstić information content (AvgIpc) is 2.30. The Morgan fingerprint density at radius 3 is 2.88 bits per heavy atom. The van der Waals surface area contributed by atoms with Gasteiger partial charge in [-0.05, 0) is 49.7 Å². The van der Waals surface area contributed by atoms with Crippen molar-refractivity contribution in [3.05, 3.63) is 29.6 Å². The van der Waals surface area contributed by atoms with Gasteiger partial charge in [-0.1, -0.05) is 19.9 Å². The third-order valence-electron chi connectivity index (χ3n) is 4.08. The standard InChI is InChI=1S/C15H24N2/c1-11-6-7-14(13(3)9-11)17-10-15-12(2)5-4-8-16-15/h4-5,8,11,13-14,17H,6-7,9-10H2,1-3H3. The van der Waals surface area contributed by atoms with Crippen LogP contribution in [0.25, 0.3) is 0 Å². The Morgan fingerprint density at radius 2 is 2.18 bits per heavy atom. The molecule has 1 aliphatic rings. The summed E-state index contributed by atoms with van der Waals surface area (Å²) in [7, 11) is 0. The highest BCUT2D eigenvalue weighted by molar-refractivity contribution is 5.17. The summed E-state index contributed by atoms with van der Waals surface area (Å²) < 4.78 is 0. The van der Waals surface area contributed by atoms with Crippen LogP contribution < -0.4 is 5.32 Å². The van der Waals surface area contributed by atoms with Crippen molar-refractivity contribution in [3.8, 4) is 0 Å². The number of aromatic nitrogens is 1. The van der Waals surface area contributed by atoms with Gasteiger partial charge in [0.15, 0.2) is 0 Å². The molecule has 1 saturated carbocycles. The number of aryl methyl sites for hydroxylation is 1. The van der Waals surface area contributed by atoms with E-state index in [-0.39, 0.29) is 0 Å². The fourth-order valence-corrected chi connectivity index (χ4v) is 2.90. The lowest BCUT2D eigenvalue weighted by Crippen LogP contribution is -2.38. The lowest BCUT2D eigenvalue weighted by atomic mass is 9.80. The van der Waals surface area contributed by atoms with E-state index in [0.29, 0.717) is 6.04 Å². The molecule has 1 heterocycles. The van der Waals surface area contributed by atoms with Crippen molar-refractivity contribution in [1.29, 1.82) is 0 Å². The van der Waals surface area contributed by atoms with Crippen LogP contribution in [0.1, 0.15) is 44.4 Å².